The zero-order valence-electron chi connectivity index (χ0n) is 9.84. The Hall–Kier alpha value is -1.55. The van der Waals surface area contributed by atoms with Crippen molar-refractivity contribution in [3.05, 3.63) is 46.4 Å². The molecule has 0 atom stereocenters. The van der Waals surface area contributed by atoms with Crippen molar-refractivity contribution in [3.63, 3.8) is 0 Å². The van der Waals surface area contributed by atoms with Crippen LogP contribution in [0.25, 0.3) is 0 Å². The molecule has 0 aliphatic carbocycles. The van der Waals surface area contributed by atoms with Gasteiger partial charge in [0.05, 0.1) is 5.03 Å². The van der Waals surface area contributed by atoms with Crippen molar-refractivity contribution < 1.29 is 9.18 Å². The summed E-state index contributed by atoms with van der Waals surface area (Å²) >= 11 is 5.82. The van der Waals surface area contributed by atoms with E-state index in [1.165, 1.54) is 12.2 Å². The number of carbonyl (C=O) groups is 1. The van der Waals surface area contributed by atoms with E-state index in [-0.39, 0.29) is 16.6 Å². The fourth-order valence-electron chi connectivity index (χ4n) is 0.932. The summed E-state index contributed by atoms with van der Waals surface area (Å²) in [5.74, 6) is -1.08. The van der Waals surface area contributed by atoms with E-state index in [4.69, 9.17) is 23.1 Å². The van der Waals surface area contributed by atoms with Crippen LogP contribution in [0.5, 0.6) is 0 Å². The Morgan fingerprint density at radius 3 is 2.47 bits per heavy atom. The summed E-state index contributed by atoms with van der Waals surface area (Å²) in [6, 6.07) is 0. The van der Waals surface area contributed by atoms with Gasteiger partial charge in [-0.15, -0.1) is 0 Å². The van der Waals surface area contributed by atoms with Crippen LogP contribution in [0, 0.1) is 0 Å². The molecule has 0 bridgehead atoms. The second-order valence-electron chi connectivity index (χ2n) is 3.29. The molecular formula is C12H16ClFN2O. The van der Waals surface area contributed by atoms with Gasteiger partial charge in [-0.25, -0.2) is 4.39 Å². The molecule has 0 fully saturated rings. The zero-order valence-corrected chi connectivity index (χ0v) is 10.6. The lowest BCUT2D eigenvalue weighted by atomic mass is 10.2. The third-order valence-electron chi connectivity index (χ3n) is 1.96. The molecule has 0 rings (SSSR count). The summed E-state index contributed by atoms with van der Waals surface area (Å²) in [5, 5.41) is 0.123. The van der Waals surface area contributed by atoms with Gasteiger partial charge < -0.3 is 11.5 Å². The SMILES string of the molecule is C/C=C(/F)C=CC/C=C(C)/C(Cl)=C(\N)C(N)=O. The van der Waals surface area contributed by atoms with Crippen molar-refractivity contribution >= 4 is 17.5 Å². The highest BCUT2D eigenvalue weighted by Gasteiger charge is 2.07. The van der Waals surface area contributed by atoms with E-state index >= 15 is 0 Å². The predicted molar refractivity (Wildman–Crippen MR) is 68.6 cm³/mol. The molecule has 0 saturated heterocycles. The molecule has 0 saturated carbocycles. The smallest absolute Gasteiger partial charge is 0.266 e. The van der Waals surface area contributed by atoms with Gasteiger partial charge in [-0.05, 0) is 31.9 Å². The minimum Gasteiger partial charge on any atom is -0.393 e. The van der Waals surface area contributed by atoms with Crippen LogP contribution in [-0.4, -0.2) is 5.91 Å². The first-order valence-electron chi connectivity index (χ1n) is 5.00. The number of rotatable bonds is 5. The lowest BCUT2D eigenvalue weighted by molar-refractivity contribution is -0.114. The molecule has 0 spiro atoms. The van der Waals surface area contributed by atoms with Crippen LogP contribution in [0.3, 0.4) is 0 Å². The molecule has 0 unspecified atom stereocenters. The standard InChI is InChI=1S/C12H16ClFN2O/c1-3-9(14)7-5-4-6-8(2)10(13)11(15)12(16)17/h3,5-7H,4,15H2,1-2H3,(H2,16,17)/b7-5?,8-6+,9-3+,11-10+. The van der Waals surface area contributed by atoms with Crippen LogP contribution in [-0.2, 0) is 4.79 Å². The topological polar surface area (TPSA) is 69.1 Å². The first-order chi connectivity index (χ1) is 7.90. The molecule has 3 nitrogen and oxygen atoms in total. The number of hydrogen-bond acceptors (Lipinski definition) is 2. The molecule has 0 aliphatic rings. The number of primary amides is 1. The van der Waals surface area contributed by atoms with E-state index in [9.17, 15) is 9.18 Å². The van der Waals surface area contributed by atoms with Crippen LogP contribution in [0.15, 0.2) is 46.4 Å². The first kappa shape index (κ1) is 15.4. The van der Waals surface area contributed by atoms with E-state index in [0.717, 1.165) is 0 Å². The molecule has 0 aromatic carbocycles. The fourth-order valence-corrected chi connectivity index (χ4v) is 1.10. The van der Waals surface area contributed by atoms with Crippen LogP contribution in [0.4, 0.5) is 4.39 Å². The van der Waals surface area contributed by atoms with Gasteiger partial charge in [-0.3, -0.25) is 4.79 Å². The molecule has 1 amide bonds. The van der Waals surface area contributed by atoms with E-state index in [1.54, 1.807) is 26.0 Å². The molecule has 0 radical (unpaired) electrons. The van der Waals surface area contributed by atoms with E-state index in [2.05, 4.69) is 0 Å². The van der Waals surface area contributed by atoms with E-state index in [0.29, 0.717) is 12.0 Å². The Morgan fingerprint density at radius 2 is 2.00 bits per heavy atom. The third-order valence-corrected chi connectivity index (χ3v) is 2.46. The Kier molecular flexibility index (Phi) is 6.98. The molecular weight excluding hydrogens is 243 g/mol. The monoisotopic (exact) mass is 258 g/mol. The Bertz CT molecular complexity index is 409. The quantitative estimate of drug-likeness (QED) is 0.588. The lowest BCUT2D eigenvalue weighted by Gasteiger charge is -2.02. The summed E-state index contributed by atoms with van der Waals surface area (Å²) in [6.45, 7) is 3.30. The van der Waals surface area contributed by atoms with Crippen molar-refractivity contribution in [3.8, 4) is 0 Å². The molecule has 4 N–H and O–H groups in total. The van der Waals surface area contributed by atoms with Gasteiger partial charge in [0.2, 0.25) is 0 Å². The minimum atomic E-state index is -0.766. The zero-order chi connectivity index (χ0) is 13.4. The fraction of sp³-hybridized carbons (Fsp3) is 0.250. The van der Waals surface area contributed by atoms with Gasteiger partial charge in [-0.2, -0.15) is 0 Å². The van der Waals surface area contributed by atoms with Crippen molar-refractivity contribution in [1.29, 1.82) is 0 Å². The Balaban J connectivity index is 4.63. The maximum atomic E-state index is 12.7. The highest BCUT2D eigenvalue weighted by molar-refractivity contribution is 6.34. The Morgan fingerprint density at radius 1 is 1.41 bits per heavy atom. The minimum absolute atomic E-state index is 0.123. The normalized spacial score (nSPS) is 15.1. The van der Waals surface area contributed by atoms with Crippen molar-refractivity contribution in [2.24, 2.45) is 11.5 Å². The molecule has 5 heteroatoms. The molecule has 17 heavy (non-hydrogen) atoms. The number of nitrogens with two attached hydrogens (primary N) is 2. The molecule has 0 aliphatic heterocycles. The van der Waals surface area contributed by atoms with Gasteiger partial charge >= 0.3 is 0 Å². The van der Waals surface area contributed by atoms with Crippen molar-refractivity contribution in [2.75, 3.05) is 0 Å². The number of halogens is 2. The largest absolute Gasteiger partial charge is 0.393 e. The summed E-state index contributed by atoms with van der Waals surface area (Å²) in [6.07, 6.45) is 6.53. The van der Waals surface area contributed by atoms with Gasteiger partial charge in [0.15, 0.2) is 0 Å². The summed E-state index contributed by atoms with van der Waals surface area (Å²) < 4.78 is 12.7. The Labute approximate surface area is 105 Å². The highest BCUT2D eigenvalue weighted by atomic mass is 35.5. The van der Waals surface area contributed by atoms with Crippen molar-refractivity contribution in [2.45, 2.75) is 20.3 Å². The molecule has 0 aromatic heterocycles. The van der Waals surface area contributed by atoms with Gasteiger partial charge in [0, 0.05) is 0 Å². The van der Waals surface area contributed by atoms with Crippen LogP contribution in [0.1, 0.15) is 20.3 Å². The number of allylic oxidation sites excluding steroid dienone is 7. The van der Waals surface area contributed by atoms with Crippen LogP contribution >= 0.6 is 11.6 Å². The van der Waals surface area contributed by atoms with Gasteiger partial charge in [0.1, 0.15) is 11.5 Å². The number of carbonyl (C=O) groups excluding carboxylic acids is 1. The maximum Gasteiger partial charge on any atom is 0.266 e. The lowest BCUT2D eigenvalue weighted by Crippen LogP contribution is -2.21. The average Bonchev–Trinajstić information content (AvgIpc) is 2.31. The molecule has 0 heterocycles. The predicted octanol–water partition coefficient (Wildman–Crippen LogP) is 2.65. The number of hydrogen-bond donors (Lipinski definition) is 2. The van der Waals surface area contributed by atoms with Crippen molar-refractivity contribution in [1.82, 2.24) is 0 Å². The van der Waals surface area contributed by atoms with Crippen LogP contribution < -0.4 is 11.5 Å². The maximum absolute atomic E-state index is 12.7. The summed E-state index contributed by atoms with van der Waals surface area (Å²) in [7, 11) is 0. The first-order valence-corrected chi connectivity index (χ1v) is 5.38. The second kappa shape index (κ2) is 7.68. The van der Waals surface area contributed by atoms with Crippen LogP contribution in [0.2, 0.25) is 0 Å². The van der Waals surface area contributed by atoms with E-state index in [1.807, 2.05) is 0 Å². The average molecular weight is 259 g/mol. The summed E-state index contributed by atoms with van der Waals surface area (Å²) in [5.41, 5.74) is 10.8. The van der Waals surface area contributed by atoms with Gasteiger partial charge in [0.25, 0.3) is 5.91 Å². The second-order valence-corrected chi connectivity index (χ2v) is 3.67. The summed E-state index contributed by atoms with van der Waals surface area (Å²) in [4.78, 5) is 10.8. The van der Waals surface area contributed by atoms with Gasteiger partial charge in [-0.1, -0.05) is 29.8 Å². The molecule has 0 aromatic rings. The third kappa shape index (κ3) is 5.92. The highest BCUT2D eigenvalue weighted by Crippen LogP contribution is 2.17. The number of amides is 1. The molecule has 94 valence electrons. The van der Waals surface area contributed by atoms with E-state index < -0.39 is 5.91 Å².